The Labute approximate surface area is 164 Å². The van der Waals surface area contributed by atoms with Crippen LogP contribution in [-0.4, -0.2) is 41.0 Å². The number of fused-ring (bicyclic) bond motifs is 1. The Morgan fingerprint density at radius 1 is 1.11 bits per heavy atom. The van der Waals surface area contributed by atoms with E-state index in [4.69, 9.17) is 4.42 Å². The first-order valence-electron chi connectivity index (χ1n) is 9.56. The first kappa shape index (κ1) is 19.0. The van der Waals surface area contributed by atoms with Gasteiger partial charge in [-0.1, -0.05) is 32.0 Å². The summed E-state index contributed by atoms with van der Waals surface area (Å²) in [5.41, 5.74) is 1.33. The summed E-state index contributed by atoms with van der Waals surface area (Å²) in [6.07, 6.45) is 1.33. The van der Waals surface area contributed by atoms with E-state index in [0.29, 0.717) is 43.2 Å². The molecule has 0 amide bonds. The molecule has 1 fully saturated rings. The van der Waals surface area contributed by atoms with Crippen molar-refractivity contribution in [1.29, 1.82) is 0 Å². The summed E-state index contributed by atoms with van der Waals surface area (Å²) in [4.78, 5) is 4.75. The van der Waals surface area contributed by atoms with Crippen LogP contribution >= 0.6 is 0 Å². The van der Waals surface area contributed by atoms with Crippen LogP contribution in [0.25, 0.3) is 10.9 Å². The van der Waals surface area contributed by atoms with Crippen LogP contribution < -0.4 is 0 Å². The van der Waals surface area contributed by atoms with Gasteiger partial charge in [0, 0.05) is 36.0 Å². The van der Waals surface area contributed by atoms with E-state index in [-0.39, 0.29) is 16.7 Å². The lowest BCUT2D eigenvalue weighted by atomic mass is 9.98. The van der Waals surface area contributed by atoms with Crippen LogP contribution in [0.2, 0.25) is 0 Å². The van der Waals surface area contributed by atoms with E-state index in [2.05, 4.69) is 15.2 Å². The van der Waals surface area contributed by atoms with Crippen molar-refractivity contribution < 1.29 is 12.8 Å². The Bertz CT molecular complexity index is 1100. The highest BCUT2D eigenvalue weighted by molar-refractivity contribution is 7.89. The van der Waals surface area contributed by atoms with Crippen molar-refractivity contribution >= 4 is 20.9 Å². The molecule has 0 saturated carbocycles. The number of aromatic nitrogens is 3. The molecule has 1 saturated heterocycles. The van der Waals surface area contributed by atoms with Crippen LogP contribution in [-0.2, 0) is 10.0 Å². The highest BCUT2D eigenvalue weighted by Crippen LogP contribution is 2.32. The molecular formula is C20H24N4O3S. The lowest BCUT2D eigenvalue weighted by Crippen LogP contribution is -2.38. The molecule has 1 aromatic carbocycles. The molecule has 28 heavy (non-hydrogen) atoms. The number of hydrogen-bond donors (Lipinski definition) is 0. The SMILES string of the molecule is Cc1ccc2cccc(S(=O)(=O)N3CCC(c4nnc(C(C)C)o4)CC3)c2n1. The summed E-state index contributed by atoms with van der Waals surface area (Å²) in [6, 6.07) is 9.09. The van der Waals surface area contributed by atoms with Gasteiger partial charge in [-0.05, 0) is 31.9 Å². The zero-order valence-electron chi connectivity index (χ0n) is 16.3. The van der Waals surface area contributed by atoms with E-state index in [1.54, 1.807) is 16.4 Å². The number of hydrogen-bond acceptors (Lipinski definition) is 6. The van der Waals surface area contributed by atoms with E-state index >= 15 is 0 Å². The maximum absolute atomic E-state index is 13.3. The van der Waals surface area contributed by atoms with Gasteiger partial charge in [0.05, 0.1) is 5.52 Å². The monoisotopic (exact) mass is 400 g/mol. The third-order valence-electron chi connectivity index (χ3n) is 5.19. The predicted molar refractivity (Wildman–Crippen MR) is 106 cm³/mol. The zero-order chi connectivity index (χ0) is 19.9. The molecule has 0 unspecified atom stereocenters. The molecule has 3 aromatic rings. The minimum atomic E-state index is -3.62. The topological polar surface area (TPSA) is 89.2 Å². The van der Waals surface area contributed by atoms with Crippen molar-refractivity contribution in [3.8, 4) is 0 Å². The van der Waals surface area contributed by atoms with Gasteiger partial charge in [0.2, 0.25) is 21.8 Å². The van der Waals surface area contributed by atoms with Crippen LogP contribution in [0.3, 0.4) is 0 Å². The molecule has 7 nitrogen and oxygen atoms in total. The average Bonchev–Trinajstić information content (AvgIpc) is 3.18. The van der Waals surface area contributed by atoms with Crippen molar-refractivity contribution in [2.45, 2.75) is 50.3 Å². The first-order valence-corrected chi connectivity index (χ1v) is 11.0. The molecule has 148 valence electrons. The van der Waals surface area contributed by atoms with Gasteiger partial charge in [-0.3, -0.25) is 4.98 Å². The number of para-hydroxylation sites is 1. The molecular weight excluding hydrogens is 376 g/mol. The number of sulfonamides is 1. The Morgan fingerprint density at radius 3 is 2.54 bits per heavy atom. The molecule has 1 aliphatic rings. The fourth-order valence-electron chi connectivity index (χ4n) is 3.55. The van der Waals surface area contributed by atoms with E-state index < -0.39 is 10.0 Å². The predicted octanol–water partition coefficient (Wildman–Crippen LogP) is 3.62. The number of pyridine rings is 1. The molecule has 0 bridgehead atoms. The lowest BCUT2D eigenvalue weighted by Gasteiger charge is -2.29. The minimum Gasteiger partial charge on any atom is -0.425 e. The number of nitrogens with zero attached hydrogens (tertiary/aromatic N) is 4. The highest BCUT2D eigenvalue weighted by Gasteiger charge is 2.33. The summed E-state index contributed by atoms with van der Waals surface area (Å²) in [6.45, 7) is 6.73. The third kappa shape index (κ3) is 3.42. The van der Waals surface area contributed by atoms with Crippen molar-refractivity contribution in [2.75, 3.05) is 13.1 Å². The molecule has 0 atom stereocenters. The number of benzene rings is 1. The maximum Gasteiger partial charge on any atom is 0.245 e. The Hall–Kier alpha value is -2.32. The third-order valence-corrected chi connectivity index (χ3v) is 7.12. The second kappa shape index (κ2) is 7.25. The van der Waals surface area contributed by atoms with Crippen LogP contribution in [0, 0.1) is 6.92 Å². The summed E-state index contributed by atoms with van der Waals surface area (Å²) >= 11 is 0. The summed E-state index contributed by atoms with van der Waals surface area (Å²) in [5, 5.41) is 9.08. The molecule has 3 heterocycles. The standard InChI is InChI=1S/C20H24N4O3S/c1-13(2)19-22-23-20(27-19)16-9-11-24(12-10-16)28(25,26)17-6-4-5-15-8-7-14(3)21-18(15)17/h4-8,13,16H,9-12H2,1-3H3. The fraction of sp³-hybridized carbons (Fsp3) is 0.450. The van der Waals surface area contributed by atoms with Crippen molar-refractivity contribution in [3.63, 3.8) is 0 Å². The van der Waals surface area contributed by atoms with E-state index in [1.165, 1.54) is 0 Å². The molecule has 0 N–H and O–H groups in total. The van der Waals surface area contributed by atoms with Crippen LogP contribution in [0.5, 0.6) is 0 Å². The van der Waals surface area contributed by atoms with Crippen LogP contribution in [0.1, 0.15) is 56.0 Å². The molecule has 8 heteroatoms. The summed E-state index contributed by atoms with van der Waals surface area (Å²) < 4.78 is 33.9. The first-order chi connectivity index (χ1) is 13.4. The van der Waals surface area contributed by atoms with Gasteiger partial charge in [0.15, 0.2) is 0 Å². The molecule has 4 rings (SSSR count). The van der Waals surface area contributed by atoms with E-state index in [0.717, 1.165) is 11.1 Å². The van der Waals surface area contributed by atoms with Crippen molar-refractivity contribution in [2.24, 2.45) is 0 Å². The van der Waals surface area contributed by atoms with Crippen molar-refractivity contribution in [1.82, 2.24) is 19.5 Å². The summed E-state index contributed by atoms with van der Waals surface area (Å²) in [7, 11) is -3.62. The molecule has 0 radical (unpaired) electrons. The van der Waals surface area contributed by atoms with E-state index in [9.17, 15) is 8.42 Å². The highest BCUT2D eigenvalue weighted by atomic mass is 32.2. The minimum absolute atomic E-state index is 0.0966. The quantitative estimate of drug-likeness (QED) is 0.664. The molecule has 2 aromatic heterocycles. The molecule has 0 aliphatic carbocycles. The van der Waals surface area contributed by atoms with Gasteiger partial charge >= 0.3 is 0 Å². The number of piperidine rings is 1. The van der Waals surface area contributed by atoms with Gasteiger partial charge in [0.1, 0.15) is 4.90 Å². The Kier molecular flexibility index (Phi) is 4.93. The lowest BCUT2D eigenvalue weighted by molar-refractivity contribution is 0.285. The Morgan fingerprint density at radius 2 is 1.86 bits per heavy atom. The van der Waals surface area contributed by atoms with Gasteiger partial charge < -0.3 is 4.42 Å². The smallest absolute Gasteiger partial charge is 0.245 e. The zero-order valence-corrected chi connectivity index (χ0v) is 17.1. The normalized spacial score (nSPS) is 16.9. The summed E-state index contributed by atoms with van der Waals surface area (Å²) in [5.74, 6) is 1.52. The van der Waals surface area contributed by atoms with Crippen LogP contribution in [0.15, 0.2) is 39.6 Å². The Balaban J connectivity index is 1.56. The fourth-order valence-corrected chi connectivity index (χ4v) is 5.18. The maximum atomic E-state index is 13.3. The molecule has 0 spiro atoms. The second-order valence-electron chi connectivity index (χ2n) is 7.59. The van der Waals surface area contributed by atoms with Gasteiger partial charge in [0.25, 0.3) is 0 Å². The van der Waals surface area contributed by atoms with Crippen molar-refractivity contribution in [3.05, 3.63) is 47.8 Å². The van der Waals surface area contributed by atoms with Gasteiger partial charge in [-0.15, -0.1) is 10.2 Å². The van der Waals surface area contributed by atoms with Gasteiger partial charge in [-0.25, -0.2) is 8.42 Å². The largest absolute Gasteiger partial charge is 0.425 e. The van der Waals surface area contributed by atoms with E-state index in [1.807, 2.05) is 39.0 Å². The average molecular weight is 401 g/mol. The molecule has 1 aliphatic heterocycles. The number of rotatable bonds is 4. The second-order valence-corrected chi connectivity index (χ2v) is 9.50. The van der Waals surface area contributed by atoms with Gasteiger partial charge in [-0.2, -0.15) is 4.31 Å². The van der Waals surface area contributed by atoms with Crippen LogP contribution in [0.4, 0.5) is 0 Å². The number of aryl methyl sites for hydroxylation is 1.